The molecule has 1 rings (SSSR count). The van der Waals surface area contributed by atoms with E-state index in [0.717, 1.165) is 15.7 Å². The second-order valence-corrected chi connectivity index (χ2v) is 4.46. The van der Waals surface area contributed by atoms with Gasteiger partial charge in [0.25, 0.3) is 0 Å². The fourth-order valence-corrected chi connectivity index (χ4v) is 1.90. The summed E-state index contributed by atoms with van der Waals surface area (Å²) in [6.07, 6.45) is 0.454. The molecule has 0 aliphatic rings. The molecule has 1 aromatic rings. The van der Waals surface area contributed by atoms with Crippen LogP contribution in [0.15, 0.2) is 22.7 Å². The Labute approximate surface area is 122 Å². The van der Waals surface area contributed by atoms with E-state index in [2.05, 4.69) is 26.6 Å². The van der Waals surface area contributed by atoms with Crippen molar-refractivity contribution < 1.29 is 9.53 Å². The molecule has 0 atom stereocenters. The molecular weight excluding hydrogens is 320 g/mol. The van der Waals surface area contributed by atoms with Crippen molar-refractivity contribution in [3.8, 4) is 0 Å². The third-order valence-electron chi connectivity index (χ3n) is 2.28. The first-order valence-electron chi connectivity index (χ1n) is 5.39. The van der Waals surface area contributed by atoms with Gasteiger partial charge in [0.15, 0.2) is 0 Å². The molecule has 0 spiro atoms. The van der Waals surface area contributed by atoms with Gasteiger partial charge in [-0.2, -0.15) is 0 Å². The Bertz CT molecular complexity index is 388. The number of halogens is 2. The molecule has 0 heterocycles. The second-order valence-electron chi connectivity index (χ2n) is 3.60. The number of methoxy groups -OCH3 is 1. The Morgan fingerprint density at radius 2 is 2.17 bits per heavy atom. The zero-order valence-electron chi connectivity index (χ0n) is 10.5. The van der Waals surface area contributed by atoms with Crippen LogP contribution in [0.5, 0.6) is 0 Å². The highest BCUT2D eigenvalue weighted by Gasteiger charge is 2.09. The van der Waals surface area contributed by atoms with Gasteiger partial charge in [0, 0.05) is 35.8 Å². The van der Waals surface area contributed by atoms with Crippen LogP contribution in [0.3, 0.4) is 0 Å². The monoisotopic (exact) mass is 336 g/mol. The molecule has 102 valence electrons. The van der Waals surface area contributed by atoms with Gasteiger partial charge < -0.3 is 15.4 Å². The van der Waals surface area contributed by atoms with Crippen LogP contribution in [0, 0.1) is 0 Å². The minimum absolute atomic E-state index is 0. The van der Waals surface area contributed by atoms with Crippen molar-refractivity contribution in [3.05, 3.63) is 28.2 Å². The summed E-state index contributed by atoms with van der Waals surface area (Å²) < 4.78 is 6.05. The number of carbonyl (C=O) groups excluding carboxylic acids is 1. The van der Waals surface area contributed by atoms with Gasteiger partial charge in [0.1, 0.15) is 0 Å². The van der Waals surface area contributed by atoms with Gasteiger partial charge in [-0.05, 0) is 19.2 Å². The van der Waals surface area contributed by atoms with E-state index in [1.54, 1.807) is 7.11 Å². The first kappa shape index (κ1) is 17.4. The second kappa shape index (κ2) is 9.33. The molecular formula is C12H18BrClN2O2. The fourth-order valence-electron chi connectivity index (χ4n) is 1.42. The van der Waals surface area contributed by atoms with Crippen molar-refractivity contribution in [3.63, 3.8) is 0 Å². The average molecular weight is 338 g/mol. The number of anilines is 1. The van der Waals surface area contributed by atoms with E-state index in [1.807, 2.05) is 25.2 Å². The van der Waals surface area contributed by atoms with Crippen LogP contribution >= 0.6 is 28.3 Å². The van der Waals surface area contributed by atoms with Gasteiger partial charge in [-0.15, -0.1) is 12.4 Å². The lowest BCUT2D eigenvalue weighted by molar-refractivity contribution is -0.116. The molecule has 1 aromatic carbocycles. The van der Waals surface area contributed by atoms with Gasteiger partial charge in [0.2, 0.25) is 5.91 Å². The van der Waals surface area contributed by atoms with Crippen LogP contribution in [0.4, 0.5) is 5.69 Å². The zero-order valence-corrected chi connectivity index (χ0v) is 12.9. The summed E-state index contributed by atoms with van der Waals surface area (Å²) in [5.74, 6) is -0.00481. The maximum atomic E-state index is 11.6. The maximum absolute atomic E-state index is 11.6. The highest BCUT2D eigenvalue weighted by atomic mass is 79.9. The fraction of sp³-hybridized carbons (Fsp3) is 0.417. The lowest BCUT2D eigenvalue weighted by Gasteiger charge is -2.12. The van der Waals surface area contributed by atoms with Crippen LogP contribution in [0.25, 0.3) is 0 Å². The minimum Gasteiger partial charge on any atom is -0.380 e. The lowest BCUT2D eigenvalue weighted by Crippen LogP contribution is -2.19. The summed E-state index contributed by atoms with van der Waals surface area (Å²) in [6.45, 7) is 1.13. The normalized spacial score (nSPS) is 9.72. The first-order valence-corrected chi connectivity index (χ1v) is 6.19. The molecule has 0 unspecified atom stereocenters. The number of benzene rings is 1. The highest BCUT2D eigenvalue weighted by molar-refractivity contribution is 9.10. The molecule has 0 aliphatic carbocycles. The summed E-state index contributed by atoms with van der Waals surface area (Å²) in [5.41, 5.74) is 1.75. The van der Waals surface area contributed by atoms with Crippen molar-refractivity contribution in [1.82, 2.24) is 5.32 Å². The standard InChI is InChI=1S/C12H17BrN2O2.ClH/c1-14-7-6-12(16)15-11-5-3-4-10(13)9(11)8-17-2;/h3-5,14H,6-8H2,1-2H3,(H,15,16);1H. The number of amides is 1. The number of ether oxygens (including phenoxy) is 1. The van der Waals surface area contributed by atoms with Gasteiger partial charge in [0.05, 0.1) is 6.61 Å². The van der Waals surface area contributed by atoms with E-state index in [9.17, 15) is 4.79 Å². The van der Waals surface area contributed by atoms with Crippen LogP contribution in [-0.2, 0) is 16.1 Å². The van der Waals surface area contributed by atoms with Gasteiger partial charge in [-0.3, -0.25) is 4.79 Å². The number of rotatable bonds is 6. The van der Waals surface area contributed by atoms with Gasteiger partial charge in [-0.1, -0.05) is 22.0 Å². The molecule has 2 N–H and O–H groups in total. The molecule has 0 saturated heterocycles. The van der Waals surface area contributed by atoms with E-state index < -0.39 is 0 Å². The number of carbonyl (C=O) groups is 1. The highest BCUT2D eigenvalue weighted by Crippen LogP contribution is 2.25. The minimum atomic E-state index is -0.00481. The van der Waals surface area contributed by atoms with Crippen molar-refractivity contribution in [2.45, 2.75) is 13.0 Å². The predicted molar refractivity (Wildman–Crippen MR) is 79.3 cm³/mol. The summed E-state index contributed by atoms with van der Waals surface area (Å²) in [5, 5.41) is 5.82. The van der Waals surface area contributed by atoms with Crippen LogP contribution in [0.2, 0.25) is 0 Å². The lowest BCUT2D eigenvalue weighted by atomic mass is 10.2. The molecule has 4 nitrogen and oxygen atoms in total. The van der Waals surface area contributed by atoms with Gasteiger partial charge in [-0.25, -0.2) is 0 Å². The summed E-state index contributed by atoms with van der Waals surface area (Å²) in [6, 6.07) is 5.69. The van der Waals surface area contributed by atoms with Crippen LogP contribution in [0.1, 0.15) is 12.0 Å². The molecule has 0 fully saturated rings. The largest absolute Gasteiger partial charge is 0.380 e. The summed E-state index contributed by atoms with van der Waals surface area (Å²) >= 11 is 3.45. The van der Waals surface area contributed by atoms with E-state index in [0.29, 0.717) is 19.6 Å². The molecule has 0 aromatic heterocycles. The summed E-state index contributed by atoms with van der Waals surface area (Å²) in [7, 11) is 3.45. The Kier molecular flexibility index (Phi) is 9.01. The topological polar surface area (TPSA) is 50.4 Å². The van der Waals surface area contributed by atoms with E-state index in [1.165, 1.54) is 0 Å². The van der Waals surface area contributed by atoms with Gasteiger partial charge >= 0.3 is 0 Å². The van der Waals surface area contributed by atoms with E-state index in [-0.39, 0.29) is 18.3 Å². The zero-order chi connectivity index (χ0) is 12.7. The third-order valence-corrected chi connectivity index (χ3v) is 3.03. The van der Waals surface area contributed by atoms with Crippen molar-refractivity contribution in [1.29, 1.82) is 0 Å². The van der Waals surface area contributed by atoms with Crippen LogP contribution in [-0.4, -0.2) is 26.6 Å². The molecule has 1 amide bonds. The van der Waals surface area contributed by atoms with Crippen molar-refractivity contribution in [2.75, 3.05) is 26.0 Å². The summed E-state index contributed by atoms with van der Waals surface area (Å²) in [4.78, 5) is 11.6. The Morgan fingerprint density at radius 3 is 2.78 bits per heavy atom. The Hall–Kier alpha value is -0.620. The predicted octanol–water partition coefficient (Wildman–Crippen LogP) is 2.57. The number of hydrogen-bond donors (Lipinski definition) is 2. The smallest absolute Gasteiger partial charge is 0.225 e. The molecule has 18 heavy (non-hydrogen) atoms. The Morgan fingerprint density at radius 1 is 1.44 bits per heavy atom. The van der Waals surface area contributed by atoms with Crippen molar-refractivity contribution in [2.24, 2.45) is 0 Å². The Balaban J connectivity index is 0.00000289. The quantitative estimate of drug-likeness (QED) is 0.839. The van der Waals surface area contributed by atoms with E-state index >= 15 is 0 Å². The molecule has 0 bridgehead atoms. The number of nitrogens with one attached hydrogen (secondary N) is 2. The molecule has 0 saturated carbocycles. The molecule has 0 radical (unpaired) electrons. The average Bonchev–Trinajstić information content (AvgIpc) is 2.31. The van der Waals surface area contributed by atoms with Crippen molar-refractivity contribution >= 4 is 39.9 Å². The molecule has 0 aliphatic heterocycles. The maximum Gasteiger partial charge on any atom is 0.225 e. The molecule has 6 heteroatoms. The van der Waals surface area contributed by atoms with E-state index in [4.69, 9.17) is 4.74 Å². The SMILES string of the molecule is CNCCC(=O)Nc1cccc(Br)c1COC.Cl. The first-order chi connectivity index (χ1) is 8.19. The third kappa shape index (κ3) is 5.35. The number of hydrogen-bond acceptors (Lipinski definition) is 3. The van der Waals surface area contributed by atoms with Crippen LogP contribution < -0.4 is 10.6 Å².